The van der Waals surface area contributed by atoms with Gasteiger partial charge < -0.3 is 10.0 Å². The first-order valence-electron chi connectivity index (χ1n) is 6.17. The third-order valence-electron chi connectivity index (χ3n) is 3.28. The van der Waals surface area contributed by atoms with Crippen LogP contribution in [0.3, 0.4) is 0 Å². The molecular weight excluding hydrogens is 252 g/mol. The third kappa shape index (κ3) is 2.73. The van der Waals surface area contributed by atoms with Gasteiger partial charge in [-0.3, -0.25) is 20.0 Å². The van der Waals surface area contributed by atoms with Crippen molar-refractivity contribution < 1.29 is 14.8 Å². The standard InChI is InChI=1S/C11H16N4O4/c1-7(16)5-8-3-2-4-14(8)11(17)10-9(15(18)19)6-12-13-10/h6-8,16H,2-5H2,1H3,(H,12,13). The lowest BCUT2D eigenvalue weighted by molar-refractivity contribution is -0.385. The van der Waals surface area contributed by atoms with Crippen molar-refractivity contribution in [2.45, 2.75) is 38.3 Å². The van der Waals surface area contributed by atoms with Gasteiger partial charge in [0, 0.05) is 12.6 Å². The Hall–Kier alpha value is -1.96. The van der Waals surface area contributed by atoms with Crippen molar-refractivity contribution >= 4 is 11.6 Å². The molecule has 0 aromatic carbocycles. The van der Waals surface area contributed by atoms with Crippen molar-refractivity contribution in [1.82, 2.24) is 15.1 Å². The number of aromatic amines is 1. The number of likely N-dealkylation sites (tertiary alicyclic amines) is 1. The number of nitro groups is 1. The molecule has 104 valence electrons. The Balaban J connectivity index is 2.18. The first-order chi connectivity index (χ1) is 9.00. The summed E-state index contributed by atoms with van der Waals surface area (Å²) in [5.41, 5.74) is -0.407. The number of aliphatic hydroxyl groups excluding tert-OH is 1. The summed E-state index contributed by atoms with van der Waals surface area (Å²) in [6.45, 7) is 2.21. The van der Waals surface area contributed by atoms with Gasteiger partial charge in [-0.2, -0.15) is 5.10 Å². The van der Waals surface area contributed by atoms with E-state index in [0.717, 1.165) is 19.0 Å². The smallest absolute Gasteiger partial charge is 0.319 e. The fraction of sp³-hybridized carbons (Fsp3) is 0.636. The van der Waals surface area contributed by atoms with Crippen LogP contribution in [0.4, 0.5) is 5.69 Å². The maximum absolute atomic E-state index is 12.3. The van der Waals surface area contributed by atoms with E-state index in [-0.39, 0.29) is 17.4 Å². The topological polar surface area (TPSA) is 112 Å². The van der Waals surface area contributed by atoms with Crippen LogP contribution < -0.4 is 0 Å². The molecule has 1 aromatic rings. The highest BCUT2D eigenvalue weighted by Gasteiger charge is 2.34. The van der Waals surface area contributed by atoms with Crippen molar-refractivity contribution in [3.8, 4) is 0 Å². The second kappa shape index (κ2) is 5.35. The zero-order valence-electron chi connectivity index (χ0n) is 10.6. The van der Waals surface area contributed by atoms with E-state index in [1.165, 1.54) is 0 Å². The minimum absolute atomic E-state index is 0.0737. The summed E-state index contributed by atoms with van der Waals surface area (Å²) in [5.74, 6) is -0.424. The lowest BCUT2D eigenvalue weighted by Gasteiger charge is -2.24. The van der Waals surface area contributed by atoms with Gasteiger partial charge in [0.1, 0.15) is 6.20 Å². The molecule has 8 nitrogen and oxygen atoms in total. The fourth-order valence-corrected chi connectivity index (χ4v) is 2.46. The highest BCUT2D eigenvalue weighted by Crippen LogP contribution is 2.25. The van der Waals surface area contributed by atoms with Gasteiger partial charge in [0.05, 0.1) is 11.0 Å². The summed E-state index contributed by atoms with van der Waals surface area (Å²) in [6, 6.07) is -0.0737. The van der Waals surface area contributed by atoms with E-state index in [2.05, 4.69) is 10.2 Å². The lowest BCUT2D eigenvalue weighted by atomic mass is 10.1. The number of hydrogen-bond donors (Lipinski definition) is 2. The van der Waals surface area contributed by atoms with E-state index in [9.17, 15) is 20.0 Å². The number of rotatable bonds is 4. The number of carbonyl (C=O) groups is 1. The van der Waals surface area contributed by atoms with Gasteiger partial charge in [-0.15, -0.1) is 0 Å². The molecule has 1 fully saturated rings. The van der Waals surface area contributed by atoms with Crippen LogP contribution in [0.5, 0.6) is 0 Å². The zero-order chi connectivity index (χ0) is 14.0. The summed E-state index contributed by atoms with van der Waals surface area (Å²) < 4.78 is 0. The maximum atomic E-state index is 12.3. The average molecular weight is 268 g/mol. The molecule has 2 unspecified atom stereocenters. The van der Waals surface area contributed by atoms with Crippen molar-refractivity contribution in [3.63, 3.8) is 0 Å². The van der Waals surface area contributed by atoms with Crippen LogP contribution in [0.1, 0.15) is 36.7 Å². The van der Waals surface area contributed by atoms with Crippen LogP contribution >= 0.6 is 0 Å². The molecule has 0 aliphatic carbocycles. The monoisotopic (exact) mass is 268 g/mol. The van der Waals surface area contributed by atoms with Crippen LogP contribution in [0.25, 0.3) is 0 Å². The molecule has 2 N–H and O–H groups in total. The molecule has 1 saturated heterocycles. The molecule has 2 rings (SSSR count). The number of aromatic nitrogens is 2. The normalized spacial score (nSPS) is 20.5. The van der Waals surface area contributed by atoms with Crippen LogP contribution in [0.2, 0.25) is 0 Å². The average Bonchev–Trinajstić information content (AvgIpc) is 2.94. The Morgan fingerprint density at radius 3 is 3.16 bits per heavy atom. The minimum Gasteiger partial charge on any atom is -0.393 e. The SMILES string of the molecule is CC(O)CC1CCCN1C(=O)c1[nH]ncc1[N+](=O)[O-]. The minimum atomic E-state index is -0.628. The Bertz CT molecular complexity index is 485. The summed E-state index contributed by atoms with van der Waals surface area (Å²) in [7, 11) is 0. The molecule has 2 atom stereocenters. The maximum Gasteiger partial charge on any atom is 0.319 e. The molecule has 2 heterocycles. The van der Waals surface area contributed by atoms with Crippen LogP contribution in [-0.2, 0) is 0 Å². The van der Waals surface area contributed by atoms with E-state index in [4.69, 9.17) is 0 Å². The summed E-state index contributed by atoms with van der Waals surface area (Å²) in [6.07, 6.45) is 2.65. The molecule has 1 aliphatic heterocycles. The van der Waals surface area contributed by atoms with E-state index in [1.807, 2.05) is 0 Å². The van der Waals surface area contributed by atoms with Gasteiger partial charge in [-0.25, -0.2) is 0 Å². The first-order valence-corrected chi connectivity index (χ1v) is 6.17. The molecule has 19 heavy (non-hydrogen) atoms. The number of H-pyrrole nitrogens is 1. The number of hydrogen-bond acceptors (Lipinski definition) is 5. The highest BCUT2D eigenvalue weighted by atomic mass is 16.6. The molecule has 0 bridgehead atoms. The number of nitrogens with one attached hydrogen (secondary N) is 1. The third-order valence-corrected chi connectivity index (χ3v) is 3.28. The summed E-state index contributed by atoms with van der Waals surface area (Å²) in [4.78, 5) is 24.0. The van der Waals surface area contributed by atoms with Crippen molar-refractivity contribution in [2.75, 3.05) is 6.54 Å². The molecule has 0 spiro atoms. The van der Waals surface area contributed by atoms with Crippen LogP contribution in [0, 0.1) is 10.1 Å². The second-order valence-corrected chi connectivity index (χ2v) is 4.77. The van der Waals surface area contributed by atoms with Crippen LogP contribution in [-0.4, -0.2) is 49.7 Å². The number of nitrogens with zero attached hydrogens (tertiary/aromatic N) is 3. The predicted octanol–water partition coefficient (Wildman–Crippen LogP) is 0.693. The first kappa shape index (κ1) is 13.5. The van der Waals surface area contributed by atoms with Gasteiger partial charge in [0.25, 0.3) is 5.91 Å². The molecule has 8 heteroatoms. The molecule has 1 aromatic heterocycles. The molecule has 1 aliphatic rings. The number of carbonyl (C=O) groups excluding carboxylic acids is 1. The molecule has 0 saturated carbocycles. The molecule has 1 amide bonds. The molecule has 0 radical (unpaired) electrons. The lowest BCUT2D eigenvalue weighted by Crippen LogP contribution is -2.37. The number of aliphatic hydroxyl groups is 1. The van der Waals surface area contributed by atoms with Gasteiger partial charge in [-0.05, 0) is 26.2 Å². The molecular formula is C11H16N4O4. The van der Waals surface area contributed by atoms with Gasteiger partial charge >= 0.3 is 5.69 Å². The quantitative estimate of drug-likeness (QED) is 0.616. The zero-order valence-corrected chi connectivity index (χ0v) is 10.6. The van der Waals surface area contributed by atoms with E-state index >= 15 is 0 Å². The second-order valence-electron chi connectivity index (χ2n) is 4.77. The summed E-state index contributed by atoms with van der Waals surface area (Å²) in [5, 5.41) is 26.2. The van der Waals surface area contributed by atoms with E-state index < -0.39 is 16.9 Å². The highest BCUT2D eigenvalue weighted by molar-refractivity contribution is 5.96. The van der Waals surface area contributed by atoms with E-state index in [0.29, 0.717) is 13.0 Å². The Morgan fingerprint density at radius 1 is 1.79 bits per heavy atom. The predicted molar refractivity (Wildman–Crippen MR) is 65.6 cm³/mol. The van der Waals surface area contributed by atoms with Crippen LogP contribution in [0.15, 0.2) is 6.20 Å². The van der Waals surface area contributed by atoms with Gasteiger partial charge in [0.2, 0.25) is 5.69 Å². The van der Waals surface area contributed by atoms with Crippen molar-refractivity contribution in [1.29, 1.82) is 0 Å². The van der Waals surface area contributed by atoms with Crippen molar-refractivity contribution in [3.05, 3.63) is 22.0 Å². The van der Waals surface area contributed by atoms with E-state index in [1.54, 1.807) is 11.8 Å². The van der Waals surface area contributed by atoms with Gasteiger partial charge in [0.15, 0.2) is 0 Å². The fourth-order valence-electron chi connectivity index (χ4n) is 2.46. The Labute approximate surface area is 109 Å². The van der Waals surface area contributed by atoms with Crippen molar-refractivity contribution in [2.24, 2.45) is 0 Å². The largest absolute Gasteiger partial charge is 0.393 e. The summed E-state index contributed by atoms with van der Waals surface area (Å²) >= 11 is 0. The van der Waals surface area contributed by atoms with Gasteiger partial charge in [-0.1, -0.05) is 0 Å². The Morgan fingerprint density at radius 2 is 2.53 bits per heavy atom. The Kier molecular flexibility index (Phi) is 3.79. The number of amides is 1.